The van der Waals surface area contributed by atoms with E-state index in [2.05, 4.69) is 26.0 Å². The molecule has 0 aliphatic heterocycles. The fraction of sp³-hybridized carbons (Fsp3) is 0.889. The SMILES string of the molecule is CC1CCC(C)(B(O)O)CC1C1C=CCCC1C1CCC1. The molecule has 0 bridgehead atoms. The van der Waals surface area contributed by atoms with Crippen molar-refractivity contribution in [1.29, 1.82) is 0 Å². The molecular formula is C18H31BO2. The summed E-state index contributed by atoms with van der Waals surface area (Å²) in [5.41, 5.74) is 0. The largest absolute Gasteiger partial charge is 0.457 e. The average Bonchev–Trinajstić information content (AvgIpc) is 2.40. The van der Waals surface area contributed by atoms with Crippen LogP contribution in [0.3, 0.4) is 0 Å². The molecule has 0 aromatic rings. The van der Waals surface area contributed by atoms with Crippen LogP contribution in [0.1, 0.15) is 65.2 Å². The summed E-state index contributed by atoms with van der Waals surface area (Å²) in [4.78, 5) is 0. The maximum absolute atomic E-state index is 9.81. The van der Waals surface area contributed by atoms with E-state index in [0.29, 0.717) is 17.8 Å². The van der Waals surface area contributed by atoms with Crippen LogP contribution in [0, 0.1) is 29.6 Å². The highest BCUT2D eigenvalue weighted by atomic mass is 16.4. The minimum atomic E-state index is -1.16. The first-order valence-electron chi connectivity index (χ1n) is 9.04. The zero-order chi connectivity index (χ0) is 15.0. The van der Waals surface area contributed by atoms with Gasteiger partial charge >= 0.3 is 7.12 Å². The Morgan fingerprint density at radius 3 is 2.48 bits per heavy atom. The van der Waals surface area contributed by atoms with Gasteiger partial charge in [-0.1, -0.05) is 51.7 Å². The lowest BCUT2D eigenvalue weighted by Gasteiger charge is -2.49. The van der Waals surface area contributed by atoms with Gasteiger partial charge < -0.3 is 10.0 Å². The van der Waals surface area contributed by atoms with Crippen LogP contribution in [0.2, 0.25) is 5.31 Å². The molecule has 0 spiro atoms. The topological polar surface area (TPSA) is 40.5 Å². The smallest absolute Gasteiger partial charge is 0.427 e. The van der Waals surface area contributed by atoms with Gasteiger partial charge in [-0.3, -0.25) is 0 Å². The normalized spacial score (nSPS) is 44.4. The Morgan fingerprint density at radius 2 is 1.86 bits per heavy atom. The number of rotatable bonds is 3. The highest BCUT2D eigenvalue weighted by molar-refractivity contribution is 6.45. The van der Waals surface area contributed by atoms with Crippen molar-refractivity contribution < 1.29 is 10.0 Å². The minimum absolute atomic E-state index is 0.299. The maximum atomic E-state index is 9.81. The Kier molecular flexibility index (Phi) is 4.52. The van der Waals surface area contributed by atoms with E-state index in [4.69, 9.17) is 0 Å². The molecule has 0 heterocycles. The van der Waals surface area contributed by atoms with Crippen LogP contribution in [0.5, 0.6) is 0 Å². The van der Waals surface area contributed by atoms with Crippen LogP contribution >= 0.6 is 0 Å². The van der Waals surface area contributed by atoms with E-state index >= 15 is 0 Å². The molecule has 0 amide bonds. The van der Waals surface area contributed by atoms with Crippen LogP contribution in [-0.4, -0.2) is 17.2 Å². The first-order chi connectivity index (χ1) is 10.0. The van der Waals surface area contributed by atoms with Crippen molar-refractivity contribution in [2.75, 3.05) is 0 Å². The van der Waals surface area contributed by atoms with E-state index in [1.165, 1.54) is 32.1 Å². The Labute approximate surface area is 130 Å². The first kappa shape index (κ1) is 15.6. The Hall–Kier alpha value is -0.275. The number of hydrogen-bond acceptors (Lipinski definition) is 2. The molecule has 3 rings (SSSR count). The maximum Gasteiger partial charge on any atom is 0.457 e. The van der Waals surface area contributed by atoms with Crippen molar-refractivity contribution in [1.82, 2.24) is 0 Å². The van der Waals surface area contributed by atoms with E-state index in [1.807, 2.05) is 0 Å². The Bertz CT molecular complexity index is 391. The second kappa shape index (κ2) is 6.08. The van der Waals surface area contributed by atoms with Gasteiger partial charge in [-0.25, -0.2) is 0 Å². The lowest BCUT2D eigenvalue weighted by atomic mass is 9.47. The Morgan fingerprint density at radius 1 is 1.10 bits per heavy atom. The van der Waals surface area contributed by atoms with Crippen molar-refractivity contribution in [3.63, 3.8) is 0 Å². The van der Waals surface area contributed by atoms with Gasteiger partial charge in [0.15, 0.2) is 0 Å². The summed E-state index contributed by atoms with van der Waals surface area (Å²) >= 11 is 0. The molecule has 5 unspecified atom stereocenters. The van der Waals surface area contributed by atoms with E-state index in [0.717, 1.165) is 31.1 Å². The summed E-state index contributed by atoms with van der Waals surface area (Å²) in [6, 6.07) is 0. The third-order valence-corrected chi connectivity index (χ3v) is 7.00. The Balaban J connectivity index is 1.78. The fourth-order valence-corrected chi connectivity index (χ4v) is 5.12. The van der Waals surface area contributed by atoms with Gasteiger partial charge in [-0.15, -0.1) is 0 Å². The highest BCUT2D eigenvalue weighted by Gasteiger charge is 2.47. The first-order valence-corrected chi connectivity index (χ1v) is 9.04. The van der Waals surface area contributed by atoms with Gasteiger partial charge in [0.1, 0.15) is 0 Å². The van der Waals surface area contributed by atoms with Gasteiger partial charge in [-0.05, 0) is 55.3 Å². The molecule has 3 aliphatic rings. The number of allylic oxidation sites excluding steroid dienone is 2. The van der Waals surface area contributed by atoms with Gasteiger partial charge in [0.2, 0.25) is 0 Å². The molecule has 2 nitrogen and oxygen atoms in total. The molecule has 2 N–H and O–H groups in total. The number of hydrogen-bond donors (Lipinski definition) is 2. The third-order valence-electron chi connectivity index (χ3n) is 7.00. The molecule has 0 aromatic carbocycles. The van der Waals surface area contributed by atoms with E-state index in [1.54, 1.807) is 0 Å². The van der Waals surface area contributed by atoms with Crippen LogP contribution in [-0.2, 0) is 0 Å². The monoisotopic (exact) mass is 290 g/mol. The predicted molar refractivity (Wildman–Crippen MR) is 87.8 cm³/mol. The molecule has 5 atom stereocenters. The lowest BCUT2D eigenvalue weighted by Crippen LogP contribution is -2.43. The molecule has 21 heavy (non-hydrogen) atoms. The van der Waals surface area contributed by atoms with Crippen LogP contribution < -0.4 is 0 Å². The van der Waals surface area contributed by atoms with Crippen LogP contribution in [0.25, 0.3) is 0 Å². The van der Waals surface area contributed by atoms with E-state index in [9.17, 15) is 10.0 Å². The standard InChI is InChI=1S/C18H31BO2/c1-13-10-11-18(2,19(20)21)12-17(13)16-9-4-3-8-15(16)14-6-5-7-14/h4,9,13-17,20-21H,3,5-8,10-12H2,1-2H3. The van der Waals surface area contributed by atoms with Crippen molar-refractivity contribution in [2.24, 2.45) is 29.6 Å². The third kappa shape index (κ3) is 2.96. The van der Waals surface area contributed by atoms with Crippen molar-refractivity contribution >= 4 is 7.12 Å². The second-order valence-corrected chi connectivity index (χ2v) is 8.35. The average molecular weight is 290 g/mol. The summed E-state index contributed by atoms with van der Waals surface area (Å²) in [5.74, 6) is 3.83. The van der Waals surface area contributed by atoms with Crippen LogP contribution in [0.15, 0.2) is 12.2 Å². The summed E-state index contributed by atoms with van der Waals surface area (Å²) < 4.78 is 0. The zero-order valence-electron chi connectivity index (χ0n) is 13.7. The molecule has 2 saturated carbocycles. The molecule has 3 aliphatic carbocycles. The van der Waals surface area contributed by atoms with Gasteiger partial charge in [0, 0.05) is 5.31 Å². The summed E-state index contributed by atoms with van der Waals surface area (Å²) in [6.45, 7) is 4.45. The summed E-state index contributed by atoms with van der Waals surface area (Å²) in [6.07, 6.45) is 14.8. The molecule has 0 saturated heterocycles. The zero-order valence-corrected chi connectivity index (χ0v) is 13.7. The summed E-state index contributed by atoms with van der Waals surface area (Å²) in [7, 11) is -1.16. The van der Waals surface area contributed by atoms with Crippen LogP contribution in [0.4, 0.5) is 0 Å². The second-order valence-electron chi connectivity index (χ2n) is 8.35. The molecule has 0 aromatic heterocycles. The minimum Gasteiger partial charge on any atom is -0.427 e. The highest BCUT2D eigenvalue weighted by Crippen LogP contribution is 2.55. The molecule has 118 valence electrons. The van der Waals surface area contributed by atoms with Gasteiger partial charge in [0.05, 0.1) is 0 Å². The van der Waals surface area contributed by atoms with E-state index < -0.39 is 7.12 Å². The van der Waals surface area contributed by atoms with Crippen molar-refractivity contribution in [3.8, 4) is 0 Å². The van der Waals surface area contributed by atoms with Gasteiger partial charge in [0.25, 0.3) is 0 Å². The van der Waals surface area contributed by atoms with Crippen molar-refractivity contribution in [2.45, 2.75) is 70.5 Å². The molecule has 3 heteroatoms. The van der Waals surface area contributed by atoms with Gasteiger partial charge in [-0.2, -0.15) is 0 Å². The molecular weight excluding hydrogens is 259 g/mol. The quantitative estimate of drug-likeness (QED) is 0.608. The lowest BCUT2D eigenvalue weighted by molar-refractivity contribution is 0.0622. The molecule has 2 fully saturated rings. The fourth-order valence-electron chi connectivity index (χ4n) is 5.12. The van der Waals surface area contributed by atoms with E-state index in [-0.39, 0.29) is 5.31 Å². The van der Waals surface area contributed by atoms with Crippen molar-refractivity contribution in [3.05, 3.63) is 12.2 Å². The predicted octanol–water partition coefficient (Wildman–Crippen LogP) is 4.04. The summed E-state index contributed by atoms with van der Waals surface area (Å²) in [5, 5.41) is 19.3. The molecule has 0 radical (unpaired) electrons.